The van der Waals surface area contributed by atoms with E-state index in [4.69, 9.17) is 19.9 Å². The molecule has 4 heteroatoms. The van der Waals surface area contributed by atoms with Gasteiger partial charge in [0.25, 0.3) is 0 Å². The maximum Gasteiger partial charge on any atom is 0.0972 e. The van der Waals surface area contributed by atoms with Crippen molar-refractivity contribution in [3.63, 3.8) is 0 Å². The third-order valence-corrected chi connectivity index (χ3v) is 10.8. The molecular weight excluding hydrogens is 681 g/mol. The van der Waals surface area contributed by atoms with Crippen molar-refractivity contribution >= 4 is 54.4 Å². The van der Waals surface area contributed by atoms with Gasteiger partial charge in [0.1, 0.15) is 0 Å². The van der Waals surface area contributed by atoms with Crippen molar-refractivity contribution in [1.82, 2.24) is 19.9 Å². The van der Waals surface area contributed by atoms with E-state index >= 15 is 0 Å². The molecule has 0 fully saturated rings. The summed E-state index contributed by atoms with van der Waals surface area (Å²) in [7, 11) is 0. The summed E-state index contributed by atoms with van der Waals surface area (Å²) in [6, 6.07) is 67.9. The molecule has 0 amide bonds. The molecule has 0 saturated carbocycles. The Hall–Kier alpha value is -7.56. The maximum atomic E-state index is 5.42. The summed E-state index contributed by atoms with van der Waals surface area (Å²) in [4.78, 5) is 20.9. The molecule has 7 aromatic carbocycles. The molecule has 0 aliphatic rings. The summed E-state index contributed by atoms with van der Waals surface area (Å²) >= 11 is 0. The first kappa shape index (κ1) is 31.9. The van der Waals surface area contributed by atoms with Crippen LogP contribution < -0.4 is 0 Å². The fraction of sp³-hybridized carbons (Fsp3) is 0. The van der Waals surface area contributed by atoms with Crippen molar-refractivity contribution in [1.29, 1.82) is 0 Å². The molecule has 0 radical (unpaired) electrons. The molecule has 11 rings (SSSR count). The number of hydrogen-bond donors (Lipinski definition) is 0. The molecule has 0 spiro atoms. The molecule has 0 unspecified atom stereocenters. The van der Waals surface area contributed by atoms with Crippen LogP contribution in [0.5, 0.6) is 0 Å². The Morgan fingerprint density at radius 2 is 0.768 bits per heavy atom. The van der Waals surface area contributed by atoms with E-state index in [-0.39, 0.29) is 0 Å². The van der Waals surface area contributed by atoms with Crippen LogP contribution in [0, 0.1) is 0 Å². The molecular formula is C52H32N4. The molecule has 4 heterocycles. The van der Waals surface area contributed by atoms with Crippen LogP contribution in [0.2, 0.25) is 0 Å². The number of hydrogen-bond acceptors (Lipinski definition) is 4. The Labute approximate surface area is 323 Å². The smallest absolute Gasteiger partial charge is 0.0972 e. The predicted octanol–water partition coefficient (Wildman–Crippen LogP) is 13.4. The molecule has 260 valence electrons. The Kier molecular flexibility index (Phi) is 7.46. The van der Waals surface area contributed by atoms with Gasteiger partial charge in [-0.2, -0.15) is 0 Å². The van der Waals surface area contributed by atoms with Gasteiger partial charge in [0, 0.05) is 49.2 Å². The van der Waals surface area contributed by atoms with Crippen LogP contribution in [0.15, 0.2) is 194 Å². The highest BCUT2D eigenvalue weighted by Gasteiger charge is 2.16. The van der Waals surface area contributed by atoms with Gasteiger partial charge in [-0.15, -0.1) is 0 Å². The highest BCUT2D eigenvalue weighted by molar-refractivity contribution is 6.21. The Balaban J connectivity index is 1.03. The standard InChI is InChI=1S/C52H32N4/c1-4-11-33(12-5-1)44-29-26-43-47(53-44)30-25-42-41-24-21-39(32-48(41)56-50(49(42)43)35-15-8-3-9-16-35)38-17-10-18-40(31-38)46-28-23-37-20-19-36-22-27-45(34-13-6-2-7-14-34)54-51(36)52(37)55-46/h1-32H. The average Bonchev–Trinajstić information content (AvgIpc) is 3.28. The number of pyridine rings is 4. The SMILES string of the molecule is c1ccc(-c2ccc3c(ccc4c5ccc(-c6cccc(-c7ccc8ccc9ccc(-c%10ccccc%10)nc9c8n7)c6)cc5nc(-c5ccccc5)c34)n2)cc1. The summed E-state index contributed by atoms with van der Waals surface area (Å²) in [6.45, 7) is 0. The first-order chi connectivity index (χ1) is 27.7. The van der Waals surface area contributed by atoms with E-state index in [9.17, 15) is 0 Å². The Bertz CT molecular complexity index is 3290. The van der Waals surface area contributed by atoms with E-state index in [0.29, 0.717) is 0 Å². The predicted molar refractivity (Wildman–Crippen MR) is 232 cm³/mol. The number of benzene rings is 7. The summed E-state index contributed by atoms with van der Waals surface area (Å²) in [5, 5.41) is 6.62. The topological polar surface area (TPSA) is 51.6 Å². The second-order valence-electron chi connectivity index (χ2n) is 14.2. The number of fused-ring (bicyclic) bond motifs is 8. The monoisotopic (exact) mass is 712 g/mol. The van der Waals surface area contributed by atoms with Gasteiger partial charge in [-0.25, -0.2) is 19.9 Å². The van der Waals surface area contributed by atoms with Crippen LogP contribution in [0.4, 0.5) is 0 Å². The minimum Gasteiger partial charge on any atom is -0.248 e. The zero-order chi connectivity index (χ0) is 37.0. The lowest BCUT2D eigenvalue weighted by atomic mass is 9.94. The molecule has 56 heavy (non-hydrogen) atoms. The zero-order valence-electron chi connectivity index (χ0n) is 30.3. The van der Waals surface area contributed by atoms with E-state index < -0.39 is 0 Å². The number of aromatic nitrogens is 4. The lowest BCUT2D eigenvalue weighted by molar-refractivity contribution is 1.36. The molecule has 0 atom stereocenters. The lowest BCUT2D eigenvalue weighted by Gasteiger charge is -2.14. The normalized spacial score (nSPS) is 11.6. The summed E-state index contributed by atoms with van der Waals surface area (Å²) < 4.78 is 0. The van der Waals surface area contributed by atoms with Gasteiger partial charge in [-0.1, -0.05) is 152 Å². The van der Waals surface area contributed by atoms with Crippen molar-refractivity contribution in [2.75, 3.05) is 0 Å². The zero-order valence-corrected chi connectivity index (χ0v) is 30.3. The molecule has 0 aliphatic heterocycles. The summed E-state index contributed by atoms with van der Waals surface area (Å²) in [5.74, 6) is 0. The van der Waals surface area contributed by atoms with Crippen LogP contribution in [-0.2, 0) is 0 Å². The fourth-order valence-electron chi connectivity index (χ4n) is 8.02. The Morgan fingerprint density at radius 1 is 0.268 bits per heavy atom. The van der Waals surface area contributed by atoms with Crippen molar-refractivity contribution in [2.24, 2.45) is 0 Å². The van der Waals surface area contributed by atoms with Gasteiger partial charge in [-0.05, 0) is 59.0 Å². The van der Waals surface area contributed by atoms with Crippen molar-refractivity contribution in [3.8, 4) is 56.2 Å². The minimum atomic E-state index is 0.900. The van der Waals surface area contributed by atoms with Crippen LogP contribution >= 0.6 is 0 Å². The fourth-order valence-corrected chi connectivity index (χ4v) is 8.02. The molecule has 0 bridgehead atoms. The van der Waals surface area contributed by atoms with Crippen LogP contribution in [0.25, 0.3) is 111 Å². The first-order valence-corrected chi connectivity index (χ1v) is 18.9. The van der Waals surface area contributed by atoms with Gasteiger partial charge in [0.2, 0.25) is 0 Å². The van der Waals surface area contributed by atoms with Gasteiger partial charge in [0.05, 0.1) is 44.8 Å². The number of nitrogens with zero attached hydrogens (tertiary/aromatic N) is 4. The molecule has 11 aromatic rings. The summed E-state index contributed by atoms with van der Waals surface area (Å²) in [5.41, 5.74) is 14.0. The van der Waals surface area contributed by atoms with E-state index in [1.165, 1.54) is 0 Å². The second-order valence-corrected chi connectivity index (χ2v) is 14.2. The average molecular weight is 713 g/mol. The van der Waals surface area contributed by atoms with Crippen LogP contribution in [0.1, 0.15) is 0 Å². The van der Waals surface area contributed by atoms with Gasteiger partial charge < -0.3 is 0 Å². The molecule has 4 aromatic heterocycles. The van der Waals surface area contributed by atoms with E-state index in [1.54, 1.807) is 0 Å². The molecule has 0 aliphatic carbocycles. The largest absolute Gasteiger partial charge is 0.248 e. The van der Waals surface area contributed by atoms with E-state index in [0.717, 1.165) is 111 Å². The third kappa shape index (κ3) is 5.47. The quantitative estimate of drug-likeness (QED) is 0.167. The number of rotatable bonds is 5. The van der Waals surface area contributed by atoms with Crippen molar-refractivity contribution < 1.29 is 0 Å². The second kappa shape index (κ2) is 13.1. The Morgan fingerprint density at radius 3 is 1.45 bits per heavy atom. The van der Waals surface area contributed by atoms with E-state index in [2.05, 4.69) is 170 Å². The first-order valence-electron chi connectivity index (χ1n) is 18.9. The third-order valence-electron chi connectivity index (χ3n) is 10.8. The summed E-state index contributed by atoms with van der Waals surface area (Å²) in [6.07, 6.45) is 0. The van der Waals surface area contributed by atoms with Crippen molar-refractivity contribution in [2.45, 2.75) is 0 Å². The van der Waals surface area contributed by atoms with Gasteiger partial charge in [0.15, 0.2) is 0 Å². The van der Waals surface area contributed by atoms with E-state index in [1.807, 2.05) is 24.3 Å². The lowest BCUT2D eigenvalue weighted by Crippen LogP contribution is -1.93. The van der Waals surface area contributed by atoms with Gasteiger partial charge in [-0.3, -0.25) is 0 Å². The highest BCUT2D eigenvalue weighted by Crippen LogP contribution is 2.39. The van der Waals surface area contributed by atoms with Crippen LogP contribution in [-0.4, -0.2) is 19.9 Å². The molecule has 0 saturated heterocycles. The van der Waals surface area contributed by atoms with Gasteiger partial charge >= 0.3 is 0 Å². The molecule has 0 N–H and O–H groups in total. The maximum absolute atomic E-state index is 5.42. The molecule has 4 nitrogen and oxygen atoms in total. The van der Waals surface area contributed by atoms with Crippen LogP contribution in [0.3, 0.4) is 0 Å². The van der Waals surface area contributed by atoms with Crippen molar-refractivity contribution in [3.05, 3.63) is 194 Å². The highest BCUT2D eigenvalue weighted by atomic mass is 14.8. The minimum absolute atomic E-state index is 0.900.